The van der Waals surface area contributed by atoms with Gasteiger partial charge in [0.05, 0.1) is 36.0 Å². The van der Waals surface area contributed by atoms with Gasteiger partial charge in [0.15, 0.2) is 17.7 Å². The van der Waals surface area contributed by atoms with Crippen molar-refractivity contribution in [1.29, 1.82) is 0 Å². The number of ether oxygens (including phenoxy) is 4. The molecule has 0 bridgehead atoms. The van der Waals surface area contributed by atoms with Crippen molar-refractivity contribution in [2.45, 2.75) is 32.7 Å². The molecule has 0 radical (unpaired) electrons. The summed E-state index contributed by atoms with van der Waals surface area (Å²) in [4.78, 5) is 24.6. The fourth-order valence-electron chi connectivity index (χ4n) is 4.32. The van der Waals surface area contributed by atoms with Crippen LogP contribution in [0.3, 0.4) is 0 Å². The summed E-state index contributed by atoms with van der Waals surface area (Å²) in [7, 11) is 1.27. The van der Waals surface area contributed by atoms with Gasteiger partial charge in [0.1, 0.15) is 19.0 Å². The summed E-state index contributed by atoms with van der Waals surface area (Å²) in [5, 5.41) is 20.5. The van der Waals surface area contributed by atoms with E-state index < -0.39 is 24.3 Å². The molecular formula is C31H32BrClN4O7. The fraction of sp³-hybridized carbons (Fsp3) is 0.258. The van der Waals surface area contributed by atoms with E-state index in [9.17, 15) is 14.7 Å². The van der Waals surface area contributed by atoms with E-state index in [1.165, 1.54) is 7.11 Å². The normalized spacial score (nSPS) is 15.3. The zero-order valence-electron chi connectivity index (χ0n) is 24.2. The van der Waals surface area contributed by atoms with E-state index in [1.54, 1.807) is 31.3 Å². The number of hydrogen-bond donors (Lipinski definition) is 4. The first-order valence-electron chi connectivity index (χ1n) is 13.6. The number of hydrazone groups is 1. The van der Waals surface area contributed by atoms with Crippen molar-refractivity contribution in [2.75, 3.05) is 20.3 Å². The number of halogens is 2. The number of urea groups is 1. The topological polar surface area (TPSA) is 140 Å². The van der Waals surface area contributed by atoms with E-state index in [0.717, 1.165) is 15.6 Å². The van der Waals surface area contributed by atoms with Crippen LogP contribution in [-0.4, -0.2) is 49.9 Å². The highest BCUT2D eigenvalue weighted by Gasteiger charge is 2.32. The average molecular weight is 688 g/mol. The lowest BCUT2D eigenvalue weighted by molar-refractivity contribution is -0.136. The van der Waals surface area contributed by atoms with Gasteiger partial charge < -0.3 is 34.7 Å². The third-order valence-electron chi connectivity index (χ3n) is 6.35. The van der Waals surface area contributed by atoms with E-state index in [1.807, 2.05) is 49.4 Å². The first-order chi connectivity index (χ1) is 21.2. The number of amides is 2. The van der Waals surface area contributed by atoms with Gasteiger partial charge in [0.25, 0.3) is 0 Å². The number of rotatable bonds is 13. The predicted octanol–water partition coefficient (Wildman–Crippen LogP) is 5.20. The van der Waals surface area contributed by atoms with Crippen LogP contribution >= 0.6 is 27.5 Å². The quantitative estimate of drug-likeness (QED) is 0.0833. The van der Waals surface area contributed by atoms with Crippen LogP contribution in [0.15, 0.2) is 81.5 Å². The third kappa shape index (κ3) is 8.65. The molecular weight excluding hydrogens is 656 g/mol. The second-order valence-corrected chi connectivity index (χ2v) is 10.8. The summed E-state index contributed by atoms with van der Waals surface area (Å²) in [5.74, 6) is 0.824. The van der Waals surface area contributed by atoms with Gasteiger partial charge in [-0.15, -0.1) is 0 Å². The molecule has 4 rings (SSSR count). The molecule has 1 aliphatic rings. The van der Waals surface area contributed by atoms with Crippen molar-refractivity contribution in [3.63, 3.8) is 0 Å². The Labute approximate surface area is 268 Å². The number of carbonyl (C=O) groups excluding carboxylic acids is 2. The van der Waals surface area contributed by atoms with Gasteiger partial charge in [-0.3, -0.25) is 5.43 Å². The summed E-state index contributed by atoms with van der Waals surface area (Å²) in [6, 6.07) is 16.7. The number of aliphatic hydroxyl groups is 1. The molecule has 0 fully saturated rings. The number of nitrogens with zero attached hydrogens (tertiary/aromatic N) is 1. The zero-order chi connectivity index (χ0) is 31.6. The Morgan fingerprint density at radius 2 is 1.91 bits per heavy atom. The smallest absolute Gasteiger partial charge is 0.337 e. The van der Waals surface area contributed by atoms with Crippen LogP contribution in [0.25, 0.3) is 0 Å². The minimum atomic E-state index is -1.13. The first kappa shape index (κ1) is 32.6. The standard InChI is InChI=1S/C31H32BrClN4O7/c1-4-42-26-14-21(29-28(30(39)41-3)18(2)35-31(40)36-29)9-11-25(26)44-17-27(38)37-34-15-19-8-10-24(23(32)13-19)43-16-20-6-5-7-22(33)12-20/h5-15,27,29,37-38H,4,16-17H2,1-3H3,(H2,35,36,40)/b34-15+/t27-,29-/m1/s1. The Bertz CT molecular complexity index is 1570. The van der Waals surface area contributed by atoms with E-state index in [-0.39, 0.29) is 12.2 Å². The van der Waals surface area contributed by atoms with Crippen LogP contribution in [0.1, 0.15) is 36.6 Å². The van der Waals surface area contributed by atoms with Crippen LogP contribution in [0.4, 0.5) is 4.79 Å². The number of allylic oxidation sites excluding steroid dienone is 1. The maximum absolute atomic E-state index is 12.4. The molecule has 44 heavy (non-hydrogen) atoms. The fourth-order valence-corrected chi connectivity index (χ4v) is 5.05. The summed E-state index contributed by atoms with van der Waals surface area (Å²) in [6.07, 6.45) is 0.418. The third-order valence-corrected chi connectivity index (χ3v) is 7.20. The zero-order valence-corrected chi connectivity index (χ0v) is 26.6. The van der Waals surface area contributed by atoms with Gasteiger partial charge in [-0.25, -0.2) is 9.59 Å². The lowest BCUT2D eigenvalue weighted by atomic mass is 9.95. The predicted molar refractivity (Wildman–Crippen MR) is 169 cm³/mol. The highest BCUT2D eigenvalue weighted by Crippen LogP contribution is 2.35. The molecule has 0 aliphatic carbocycles. The van der Waals surface area contributed by atoms with Crippen LogP contribution in [0.2, 0.25) is 5.02 Å². The Kier molecular flexibility index (Phi) is 11.5. The molecule has 232 valence electrons. The minimum Gasteiger partial charge on any atom is -0.490 e. The van der Waals surface area contributed by atoms with Crippen LogP contribution in [-0.2, 0) is 16.1 Å². The molecule has 0 saturated heterocycles. The number of methoxy groups -OCH3 is 1. The van der Waals surface area contributed by atoms with E-state index in [0.29, 0.717) is 46.7 Å². The Morgan fingerprint density at radius 1 is 1.11 bits per heavy atom. The summed E-state index contributed by atoms with van der Waals surface area (Å²) in [5.41, 5.74) is 5.60. The SMILES string of the molecule is CCOc1cc([C@H]2NC(=O)NC(C)=C2C(=O)OC)ccc1OC[C@@H](O)N/N=C/c1ccc(OCc2cccc(Cl)c2)c(Br)c1. The van der Waals surface area contributed by atoms with Crippen LogP contribution in [0, 0.1) is 0 Å². The highest BCUT2D eigenvalue weighted by molar-refractivity contribution is 9.10. The molecule has 3 aromatic rings. The number of benzene rings is 3. The van der Waals surface area contributed by atoms with Crippen molar-refractivity contribution < 1.29 is 33.6 Å². The molecule has 13 heteroatoms. The van der Waals surface area contributed by atoms with Crippen LogP contribution < -0.4 is 30.3 Å². The van der Waals surface area contributed by atoms with Crippen molar-refractivity contribution >= 4 is 45.7 Å². The van der Waals surface area contributed by atoms with Gasteiger partial charge in [0, 0.05) is 10.7 Å². The lowest BCUT2D eigenvalue weighted by Crippen LogP contribution is -2.45. The largest absolute Gasteiger partial charge is 0.490 e. The molecule has 0 spiro atoms. The van der Waals surface area contributed by atoms with E-state index >= 15 is 0 Å². The van der Waals surface area contributed by atoms with E-state index in [2.05, 4.69) is 37.1 Å². The number of esters is 1. The van der Waals surface area contributed by atoms with Gasteiger partial charge in [-0.2, -0.15) is 5.10 Å². The van der Waals surface area contributed by atoms with Gasteiger partial charge >= 0.3 is 12.0 Å². The summed E-state index contributed by atoms with van der Waals surface area (Å²) in [6.45, 7) is 4.00. The first-order valence-corrected chi connectivity index (χ1v) is 14.7. The molecule has 1 aliphatic heterocycles. The highest BCUT2D eigenvalue weighted by atomic mass is 79.9. The maximum atomic E-state index is 12.4. The van der Waals surface area contributed by atoms with Crippen molar-refractivity contribution in [3.05, 3.63) is 98.1 Å². The van der Waals surface area contributed by atoms with Gasteiger partial charge in [-0.05, 0) is 88.9 Å². The van der Waals surface area contributed by atoms with Crippen molar-refractivity contribution in [2.24, 2.45) is 5.10 Å². The minimum absolute atomic E-state index is 0.146. The molecule has 0 saturated carbocycles. The van der Waals surface area contributed by atoms with Crippen molar-refractivity contribution in [3.8, 4) is 17.2 Å². The Hall–Kier alpha value is -4.26. The molecule has 11 nitrogen and oxygen atoms in total. The van der Waals surface area contributed by atoms with Gasteiger partial charge in [0.2, 0.25) is 0 Å². The lowest BCUT2D eigenvalue weighted by Gasteiger charge is -2.28. The maximum Gasteiger partial charge on any atom is 0.337 e. The molecule has 2 amide bonds. The summed E-state index contributed by atoms with van der Waals surface area (Å²) >= 11 is 9.55. The Morgan fingerprint density at radius 3 is 2.64 bits per heavy atom. The van der Waals surface area contributed by atoms with Gasteiger partial charge in [-0.1, -0.05) is 29.8 Å². The van der Waals surface area contributed by atoms with Crippen LogP contribution in [0.5, 0.6) is 17.2 Å². The number of aliphatic hydroxyl groups excluding tert-OH is 1. The molecule has 1 heterocycles. The molecule has 4 N–H and O–H groups in total. The second kappa shape index (κ2) is 15.5. The average Bonchev–Trinajstić information content (AvgIpc) is 2.99. The number of hydrogen-bond acceptors (Lipinski definition) is 9. The molecule has 0 aromatic heterocycles. The molecule has 0 unspecified atom stereocenters. The molecule has 2 atom stereocenters. The molecule has 3 aromatic carbocycles. The summed E-state index contributed by atoms with van der Waals surface area (Å²) < 4.78 is 23.1. The monoisotopic (exact) mass is 686 g/mol. The second-order valence-electron chi connectivity index (χ2n) is 9.52. The number of nitrogens with one attached hydrogen (secondary N) is 3. The Balaban J connectivity index is 1.34. The van der Waals surface area contributed by atoms with E-state index in [4.69, 9.17) is 30.5 Å². The number of carbonyl (C=O) groups is 2. The van der Waals surface area contributed by atoms with Crippen molar-refractivity contribution in [1.82, 2.24) is 16.1 Å².